The minimum absolute atomic E-state index is 0.189. The van der Waals surface area contributed by atoms with Crippen molar-refractivity contribution >= 4 is 11.9 Å². The Morgan fingerprint density at radius 3 is 2.84 bits per heavy atom. The number of unbranched alkanes of at least 4 members (excludes halogenated alkanes) is 1. The molecule has 2 N–H and O–H groups in total. The number of nitrogens with one attached hydrogen (secondary N) is 1. The van der Waals surface area contributed by atoms with Crippen LogP contribution >= 0.6 is 0 Å². The van der Waals surface area contributed by atoms with Gasteiger partial charge in [0.05, 0.1) is 13.0 Å². The maximum atomic E-state index is 11.7. The van der Waals surface area contributed by atoms with Gasteiger partial charge in [0.25, 0.3) is 0 Å². The van der Waals surface area contributed by atoms with Crippen molar-refractivity contribution in [1.82, 2.24) is 5.48 Å². The van der Waals surface area contributed by atoms with Gasteiger partial charge in [-0.1, -0.05) is 19.9 Å². The number of amides is 1. The number of esters is 1. The fourth-order valence-corrected chi connectivity index (χ4v) is 2.81. The average molecular weight is 349 g/mol. The SMILES string of the molecule is CC(C)CCc1c(OCCCCC(=O)NO)ccc2c1OC(=O)CC2. The summed E-state index contributed by atoms with van der Waals surface area (Å²) in [5, 5.41) is 8.47. The van der Waals surface area contributed by atoms with Gasteiger partial charge >= 0.3 is 5.97 Å². The van der Waals surface area contributed by atoms with Crippen molar-refractivity contribution in [2.24, 2.45) is 5.92 Å². The van der Waals surface area contributed by atoms with Gasteiger partial charge in [-0.3, -0.25) is 14.8 Å². The Bertz CT molecular complexity index is 612. The van der Waals surface area contributed by atoms with Crippen LogP contribution in [-0.4, -0.2) is 23.7 Å². The second kappa shape index (κ2) is 9.42. The molecule has 0 bridgehead atoms. The van der Waals surface area contributed by atoms with Gasteiger partial charge in [-0.25, -0.2) is 5.48 Å². The first kappa shape index (κ1) is 19.2. The van der Waals surface area contributed by atoms with E-state index in [0.717, 1.165) is 29.7 Å². The third-order valence-electron chi connectivity index (χ3n) is 4.27. The Morgan fingerprint density at radius 2 is 2.12 bits per heavy atom. The van der Waals surface area contributed by atoms with E-state index in [0.29, 0.717) is 44.0 Å². The molecule has 0 fully saturated rings. The van der Waals surface area contributed by atoms with Crippen LogP contribution < -0.4 is 15.0 Å². The van der Waals surface area contributed by atoms with Gasteiger partial charge in [0.1, 0.15) is 11.5 Å². The largest absolute Gasteiger partial charge is 0.493 e. The topological polar surface area (TPSA) is 84.9 Å². The molecule has 2 rings (SSSR count). The monoisotopic (exact) mass is 349 g/mol. The van der Waals surface area contributed by atoms with Gasteiger partial charge in [-0.15, -0.1) is 0 Å². The van der Waals surface area contributed by atoms with Crippen molar-refractivity contribution in [3.05, 3.63) is 23.3 Å². The summed E-state index contributed by atoms with van der Waals surface area (Å²) < 4.78 is 11.4. The molecular formula is C19H27NO5. The second-order valence-corrected chi connectivity index (χ2v) is 6.78. The third-order valence-corrected chi connectivity index (χ3v) is 4.27. The molecule has 1 aliphatic rings. The minimum Gasteiger partial charge on any atom is -0.493 e. The van der Waals surface area contributed by atoms with E-state index in [9.17, 15) is 9.59 Å². The predicted octanol–water partition coefficient (Wildman–Crippen LogP) is 3.18. The fraction of sp³-hybridized carbons (Fsp3) is 0.579. The molecular weight excluding hydrogens is 322 g/mol. The van der Waals surface area contributed by atoms with Gasteiger partial charge in [0.15, 0.2) is 0 Å². The van der Waals surface area contributed by atoms with Crippen molar-refractivity contribution in [3.63, 3.8) is 0 Å². The van der Waals surface area contributed by atoms with Crippen molar-refractivity contribution in [3.8, 4) is 11.5 Å². The first-order chi connectivity index (χ1) is 12.0. The molecule has 1 heterocycles. The lowest BCUT2D eigenvalue weighted by molar-refractivity contribution is -0.135. The molecule has 138 valence electrons. The van der Waals surface area contributed by atoms with E-state index < -0.39 is 5.91 Å². The molecule has 0 aromatic heterocycles. The van der Waals surface area contributed by atoms with Gasteiger partial charge in [0.2, 0.25) is 5.91 Å². The number of rotatable bonds is 9. The highest BCUT2D eigenvalue weighted by molar-refractivity contribution is 5.76. The smallest absolute Gasteiger partial charge is 0.311 e. The summed E-state index contributed by atoms with van der Waals surface area (Å²) in [6, 6.07) is 3.92. The lowest BCUT2D eigenvalue weighted by atomic mass is 9.96. The molecule has 0 saturated heterocycles. The van der Waals surface area contributed by atoms with Crippen LogP contribution in [0.1, 0.15) is 57.1 Å². The number of carbonyl (C=O) groups excluding carboxylic acids is 2. The Morgan fingerprint density at radius 1 is 1.32 bits per heavy atom. The summed E-state index contributed by atoms with van der Waals surface area (Å²) in [6.45, 7) is 4.79. The number of hydrogen-bond acceptors (Lipinski definition) is 5. The van der Waals surface area contributed by atoms with Crippen molar-refractivity contribution in [2.75, 3.05) is 6.61 Å². The zero-order valence-electron chi connectivity index (χ0n) is 15.0. The standard InChI is InChI=1S/C19H27NO5/c1-13(2)6-9-15-16(24-12-4-3-5-17(21)20-23)10-7-14-8-11-18(22)25-19(14)15/h7,10,13,23H,3-6,8-9,11-12H2,1-2H3,(H,20,21). The first-order valence-electron chi connectivity index (χ1n) is 8.92. The molecule has 25 heavy (non-hydrogen) atoms. The Kier molecular flexibility index (Phi) is 7.25. The van der Waals surface area contributed by atoms with Crippen LogP contribution in [0.4, 0.5) is 0 Å². The number of carbonyl (C=O) groups is 2. The van der Waals surface area contributed by atoms with Gasteiger partial charge < -0.3 is 9.47 Å². The van der Waals surface area contributed by atoms with E-state index in [4.69, 9.17) is 14.7 Å². The Labute approximate surface area is 148 Å². The van der Waals surface area contributed by atoms with E-state index in [1.165, 1.54) is 0 Å². The minimum atomic E-state index is -0.390. The van der Waals surface area contributed by atoms with E-state index >= 15 is 0 Å². The quantitative estimate of drug-likeness (QED) is 0.235. The molecule has 0 atom stereocenters. The van der Waals surface area contributed by atoms with Crippen LogP contribution in [0, 0.1) is 5.92 Å². The molecule has 1 aromatic carbocycles. The number of hydroxylamine groups is 1. The van der Waals surface area contributed by atoms with E-state index in [1.807, 2.05) is 12.1 Å². The maximum Gasteiger partial charge on any atom is 0.311 e. The number of fused-ring (bicyclic) bond motifs is 1. The molecule has 1 aromatic rings. The Balaban J connectivity index is 2.04. The molecule has 1 aliphatic heterocycles. The van der Waals surface area contributed by atoms with Crippen LogP contribution in [0.3, 0.4) is 0 Å². The first-order valence-corrected chi connectivity index (χ1v) is 8.92. The normalized spacial score (nSPS) is 13.4. The van der Waals surface area contributed by atoms with E-state index in [-0.39, 0.29) is 12.4 Å². The summed E-state index contributed by atoms with van der Waals surface area (Å²) in [5.74, 6) is 1.39. The second-order valence-electron chi connectivity index (χ2n) is 6.78. The van der Waals surface area contributed by atoms with Crippen LogP contribution in [0.2, 0.25) is 0 Å². The van der Waals surface area contributed by atoms with Gasteiger partial charge in [-0.2, -0.15) is 0 Å². The molecule has 0 unspecified atom stereocenters. The summed E-state index contributed by atoms with van der Waals surface area (Å²) in [7, 11) is 0. The average Bonchev–Trinajstić information content (AvgIpc) is 2.59. The van der Waals surface area contributed by atoms with Crippen LogP contribution in [0.15, 0.2) is 12.1 Å². The predicted molar refractivity (Wildman–Crippen MR) is 92.8 cm³/mol. The van der Waals surface area contributed by atoms with Crippen LogP contribution in [0.5, 0.6) is 11.5 Å². The summed E-state index contributed by atoms with van der Waals surface area (Å²) in [5.41, 5.74) is 3.65. The maximum absolute atomic E-state index is 11.7. The molecule has 0 saturated carbocycles. The van der Waals surface area contributed by atoms with Crippen LogP contribution in [-0.2, 0) is 22.4 Å². The van der Waals surface area contributed by atoms with Crippen molar-refractivity contribution in [2.45, 2.75) is 58.8 Å². The Hall–Kier alpha value is -2.08. The molecule has 6 nitrogen and oxygen atoms in total. The summed E-state index contributed by atoms with van der Waals surface area (Å²) in [6.07, 6.45) is 4.52. The number of ether oxygens (including phenoxy) is 2. The highest BCUT2D eigenvalue weighted by Crippen LogP contribution is 2.37. The molecule has 0 spiro atoms. The van der Waals surface area contributed by atoms with Crippen molar-refractivity contribution in [1.29, 1.82) is 0 Å². The summed E-state index contributed by atoms with van der Waals surface area (Å²) >= 11 is 0. The third kappa shape index (κ3) is 5.74. The number of benzene rings is 1. The highest BCUT2D eigenvalue weighted by atomic mass is 16.5. The summed E-state index contributed by atoms with van der Waals surface area (Å²) in [4.78, 5) is 22.7. The number of hydrogen-bond donors (Lipinski definition) is 2. The van der Waals surface area contributed by atoms with E-state index in [1.54, 1.807) is 5.48 Å². The highest BCUT2D eigenvalue weighted by Gasteiger charge is 2.23. The lowest BCUT2D eigenvalue weighted by Crippen LogP contribution is -2.18. The molecule has 6 heteroatoms. The molecule has 1 amide bonds. The van der Waals surface area contributed by atoms with Crippen LogP contribution in [0.25, 0.3) is 0 Å². The number of aryl methyl sites for hydroxylation is 1. The van der Waals surface area contributed by atoms with E-state index in [2.05, 4.69) is 13.8 Å². The van der Waals surface area contributed by atoms with Gasteiger partial charge in [-0.05, 0) is 49.7 Å². The lowest BCUT2D eigenvalue weighted by Gasteiger charge is -2.22. The van der Waals surface area contributed by atoms with Crippen molar-refractivity contribution < 1.29 is 24.3 Å². The zero-order valence-corrected chi connectivity index (χ0v) is 15.0. The zero-order chi connectivity index (χ0) is 18.2. The van der Waals surface area contributed by atoms with Gasteiger partial charge in [0, 0.05) is 12.0 Å². The molecule has 0 aliphatic carbocycles. The fourth-order valence-electron chi connectivity index (χ4n) is 2.81. The molecule has 0 radical (unpaired) electrons.